The van der Waals surface area contributed by atoms with Crippen molar-refractivity contribution in [1.29, 1.82) is 0 Å². The third kappa shape index (κ3) is 4.60. The van der Waals surface area contributed by atoms with Crippen molar-refractivity contribution in [2.45, 2.75) is 39.8 Å². The van der Waals surface area contributed by atoms with Crippen LogP contribution >= 0.6 is 0 Å². The molecule has 23 heavy (non-hydrogen) atoms. The van der Waals surface area contributed by atoms with Crippen LogP contribution in [0.2, 0.25) is 0 Å². The van der Waals surface area contributed by atoms with Gasteiger partial charge in [0.1, 0.15) is 18.1 Å². The molecule has 0 radical (unpaired) electrons. The molecule has 0 aliphatic rings. The zero-order chi connectivity index (χ0) is 16.8. The van der Waals surface area contributed by atoms with Gasteiger partial charge in [0.25, 0.3) is 5.91 Å². The number of carbonyl (C=O) groups is 1. The van der Waals surface area contributed by atoms with Gasteiger partial charge in [-0.3, -0.25) is 4.79 Å². The topological polar surface area (TPSA) is 71.7 Å². The highest BCUT2D eigenvalue weighted by Gasteiger charge is 2.15. The first-order chi connectivity index (χ1) is 11.0. The molecule has 0 saturated heterocycles. The average Bonchev–Trinajstić information content (AvgIpc) is 3.00. The van der Waals surface area contributed by atoms with Crippen molar-refractivity contribution in [2.24, 2.45) is 0 Å². The number of benzene rings is 1. The van der Waals surface area contributed by atoms with Gasteiger partial charge in [0.15, 0.2) is 5.76 Å². The van der Waals surface area contributed by atoms with Crippen LogP contribution in [0.5, 0.6) is 5.75 Å². The highest BCUT2D eigenvalue weighted by atomic mass is 16.5. The summed E-state index contributed by atoms with van der Waals surface area (Å²) in [6, 6.07) is 9.04. The van der Waals surface area contributed by atoms with E-state index in [9.17, 15) is 4.79 Å². The second-order valence-corrected chi connectivity index (χ2v) is 5.58. The predicted molar refractivity (Wildman–Crippen MR) is 87.6 cm³/mol. The van der Waals surface area contributed by atoms with Gasteiger partial charge in [-0.15, -0.1) is 0 Å². The molecule has 5 nitrogen and oxygen atoms in total. The number of aliphatic hydroxyl groups is 1. The molecular formula is C18H23NO4. The smallest absolute Gasteiger partial charge is 0.287 e. The Kier molecular flexibility index (Phi) is 5.82. The number of carbonyl (C=O) groups excluding carboxylic acids is 1. The van der Waals surface area contributed by atoms with Gasteiger partial charge in [-0.25, -0.2) is 0 Å². The number of amides is 1. The molecule has 0 fully saturated rings. The molecule has 1 aromatic heterocycles. The molecule has 5 heteroatoms. The van der Waals surface area contributed by atoms with Gasteiger partial charge in [-0.05, 0) is 44.0 Å². The minimum Gasteiger partial charge on any atom is -0.485 e. The fraction of sp³-hybridized carbons (Fsp3) is 0.389. The summed E-state index contributed by atoms with van der Waals surface area (Å²) in [5, 5.41) is 11.8. The Morgan fingerprint density at radius 1 is 1.30 bits per heavy atom. The molecule has 1 aromatic carbocycles. The summed E-state index contributed by atoms with van der Waals surface area (Å²) in [5.41, 5.74) is 2.24. The number of furan rings is 1. The first-order valence-electron chi connectivity index (χ1n) is 7.74. The number of aliphatic hydroxyl groups excluding tert-OH is 1. The standard InChI is InChI=1S/C18H23NO4/c1-4-14(10-20)19-18(21)17-8-6-15(23-17)11-22-16-7-5-12(2)9-13(16)3/h5-9,14,20H,4,10-11H2,1-3H3,(H,19,21). The van der Waals surface area contributed by atoms with E-state index in [1.54, 1.807) is 12.1 Å². The zero-order valence-electron chi connectivity index (χ0n) is 13.8. The number of nitrogens with one attached hydrogen (secondary N) is 1. The van der Waals surface area contributed by atoms with Crippen molar-refractivity contribution in [1.82, 2.24) is 5.32 Å². The molecule has 1 unspecified atom stereocenters. The Morgan fingerprint density at radius 3 is 2.74 bits per heavy atom. The van der Waals surface area contributed by atoms with Gasteiger partial charge in [-0.1, -0.05) is 24.6 Å². The summed E-state index contributed by atoms with van der Waals surface area (Å²) in [5.74, 6) is 1.26. The lowest BCUT2D eigenvalue weighted by atomic mass is 10.1. The van der Waals surface area contributed by atoms with Gasteiger partial charge in [0.05, 0.1) is 12.6 Å². The van der Waals surface area contributed by atoms with Crippen LogP contribution in [0.25, 0.3) is 0 Å². The van der Waals surface area contributed by atoms with E-state index in [0.717, 1.165) is 11.3 Å². The number of hydrogen-bond donors (Lipinski definition) is 2. The van der Waals surface area contributed by atoms with E-state index in [1.165, 1.54) is 5.56 Å². The molecule has 1 atom stereocenters. The Bertz CT molecular complexity index is 659. The largest absolute Gasteiger partial charge is 0.485 e. The summed E-state index contributed by atoms with van der Waals surface area (Å²) in [4.78, 5) is 12.0. The van der Waals surface area contributed by atoms with Crippen molar-refractivity contribution >= 4 is 5.91 Å². The number of ether oxygens (including phenoxy) is 1. The summed E-state index contributed by atoms with van der Waals surface area (Å²) >= 11 is 0. The fourth-order valence-corrected chi connectivity index (χ4v) is 2.22. The third-order valence-electron chi connectivity index (χ3n) is 3.63. The normalized spacial score (nSPS) is 12.0. The number of aryl methyl sites for hydroxylation is 2. The second-order valence-electron chi connectivity index (χ2n) is 5.58. The van der Waals surface area contributed by atoms with Gasteiger partial charge < -0.3 is 19.6 Å². The molecule has 124 valence electrons. The van der Waals surface area contributed by atoms with Crippen molar-refractivity contribution in [3.8, 4) is 5.75 Å². The molecular weight excluding hydrogens is 294 g/mol. The minimum absolute atomic E-state index is 0.0916. The van der Waals surface area contributed by atoms with E-state index in [1.807, 2.05) is 32.9 Å². The van der Waals surface area contributed by atoms with Crippen molar-refractivity contribution < 1.29 is 19.1 Å². The maximum absolute atomic E-state index is 12.0. The van der Waals surface area contributed by atoms with Crippen LogP contribution in [-0.4, -0.2) is 23.7 Å². The Balaban J connectivity index is 1.95. The minimum atomic E-state index is -0.330. The van der Waals surface area contributed by atoms with Crippen molar-refractivity contribution in [3.05, 3.63) is 53.0 Å². The average molecular weight is 317 g/mol. The van der Waals surface area contributed by atoms with E-state index >= 15 is 0 Å². The number of rotatable bonds is 7. The lowest BCUT2D eigenvalue weighted by Gasteiger charge is -2.12. The highest BCUT2D eigenvalue weighted by molar-refractivity contribution is 5.91. The lowest BCUT2D eigenvalue weighted by Crippen LogP contribution is -2.36. The van der Waals surface area contributed by atoms with Gasteiger partial charge in [0, 0.05) is 0 Å². The van der Waals surface area contributed by atoms with Crippen molar-refractivity contribution in [2.75, 3.05) is 6.61 Å². The van der Waals surface area contributed by atoms with Crippen LogP contribution < -0.4 is 10.1 Å². The molecule has 0 saturated carbocycles. The lowest BCUT2D eigenvalue weighted by molar-refractivity contribution is 0.0883. The van der Waals surface area contributed by atoms with E-state index in [2.05, 4.69) is 11.4 Å². The summed E-state index contributed by atoms with van der Waals surface area (Å²) in [6.45, 7) is 6.08. The molecule has 2 aromatic rings. The maximum atomic E-state index is 12.0. The number of hydrogen-bond acceptors (Lipinski definition) is 4. The van der Waals surface area contributed by atoms with E-state index in [-0.39, 0.29) is 30.9 Å². The van der Waals surface area contributed by atoms with Crippen LogP contribution in [0.4, 0.5) is 0 Å². The molecule has 1 amide bonds. The molecule has 1 heterocycles. The summed E-state index contributed by atoms with van der Waals surface area (Å²) < 4.78 is 11.2. The van der Waals surface area contributed by atoms with E-state index in [0.29, 0.717) is 12.2 Å². The fourth-order valence-electron chi connectivity index (χ4n) is 2.22. The van der Waals surface area contributed by atoms with Gasteiger partial charge >= 0.3 is 0 Å². The Morgan fingerprint density at radius 2 is 2.09 bits per heavy atom. The molecule has 2 rings (SSSR count). The first kappa shape index (κ1) is 17.1. The van der Waals surface area contributed by atoms with E-state index < -0.39 is 0 Å². The van der Waals surface area contributed by atoms with Gasteiger partial charge in [0.2, 0.25) is 0 Å². The summed E-state index contributed by atoms with van der Waals surface area (Å²) in [7, 11) is 0. The monoisotopic (exact) mass is 317 g/mol. The Hall–Kier alpha value is -2.27. The van der Waals surface area contributed by atoms with Crippen LogP contribution in [0.1, 0.15) is 40.8 Å². The summed E-state index contributed by atoms with van der Waals surface area (Å²) in [6.07, 6.45) is 0.658. The third-order valence-corrected chi connectivity index (χ3v) is 3.63. The maximum Gasteiger partial charge on any atom is 0.287 e. The molecule has 0 aliphatic heterocycles. The molecule has 0 bridgehead atoms. The van der Waals surface area contributed by atoms with Crippen LogP contribution in [0, 0.1) is 13.8 Å². The SMILES string of the molecule is CCC(CO)NC(=O)c1ccc(COc2ccc(C)cc2C)o1. The predicted octanol–water partition coefficient (Wildman–Crippen LogP) is 2.98. The molecule has 0 aliphatic carbocycles. The highest BCUT2D eigenvalue weighted by Crippen LogP contribution is 2.20. The van der Waals surface area contributed by atoms with E-state index in [4.69, 9.17) is 14.3 Å². The Labute approximate surface area is 136 Å². The first-order valence-corrected chi connectivity index (χ1v) is 7.74. The van der Waals surface area contributed by atoms with Gasteiger partial charge in [-0.2, -0.15) is 0 Å². The van der Waals surface area contributed by atoms with Crippen LogP contribution in [0.3, 0.4) is 0 Å². The molecule has 0 spiro atoms. The van der Waals surface area contributed by atoms with Crippen molar-refractivity contribution in [3.63, 3.8) is 0 Å². The second kappa shape index (κ2) is 7.83. The van der Waals surface area contributed by atoms with Crippen LogP contribution in [0.15, 0.2) is 34.7 Å². The zero-order valence-corrected chi connectivity index (χ0v) is 13.8. The van der Waals surface area contributed by atoms with Crippen LogP contribution in [-0.2, 0) is 6.61 Å². The molecule has 2 N–H and O–H groups in total. The quantitative estimate of drug-likeness (QED) is 0.823.